The monoisotopic (exact) mass is 610 g/mol. The maximum Gasteiger partial charge on any atom is 0.415 e. The number of likely N-dealkylation sites (N-methyl/N-ethyl adjacent to an activating group) is 3. The second-order valence-corrected chi connectivity index (χ2v) is 13.3. The molecule has 44 heavy (non-hydrogen) atoms. The minimum absolute atomic E-state index is 0.0774. The molecule has 1 aromatic rings. The molecule has 1 aromatic carbocycles. The molecule has 2 aliphatic heterocycles. The fourth-order valence-corrected chi connectivity index (χ4v) is 8.14. The molecule has 6 atom stereocenters. The number of likely N-dealkylation sites (tertiary alicyclic amines) is 1. The zero-order chi connectivity index (χ0) is 31.8. The lowest BCUT2D eigenvalue weighted by atomic mass is 9.45. The Hall–Kier alpha value is -3.31. The number of nitrogens with zero attached hydrogens (tertiary/aromatic N) is 2. The van der Waals surface area contributed by atoms with E-state index in [0.717, 1.165) is 56.6 Å². The van der Waals surface area contributed by atoms with E-state index < -0.39 is 12.2 Å². The van der Waals surface area contributed by atoms with Gasteiger partial charge in [0, 0.05) is 43.1 Å². The lowest BCUT2D eigenvalue weighted by molar-refractivity contribution is -0.123. The number of nitrogens with one attached hydrogen (secondary N) is 3. The summed E-state index contributed by atoms with van der Waals surface area (Å²) < 4.78 is 18.6. The number of allylic oxidation sites excluding steroid dienone is 1. The Kier molecular flexibility index (Phi) is 9.18. The number of nitrogens with two attached hydrogens (primary N) is 1. The van der Waals surface area contributed by atoms with Crippen LogP contribution in [0.4, 0.5) is 4.79 Å². The molecule has 0 aromatic heterocycles. The van der Waals surface area contributed by atoms with Crippen molar-refractivity contribution in [3.8, 4) is 11.5 Å². The van der Waals surface area contributed by atoms with Crippen molar-refractivity contribution < 1.29 is 23.8 Å². The molecule has 0 saturated carbocycles. The van der Waals surface area contributed by atoms with E-state index in [2.05, 4.69) is 41.6 Å². The first-order valence-electron chi connectivity index (χ1n) is 16.0. The molecule has 5 rings (SSSR count). The van der Waals surface area contributed by atoms with E-state index >= 15 is 0 Å². The van der Waals surface area contributed by atoms with Gasteiger partial charge < -0.3 is 40.4 Å². The predicted molar refractivity (Wildman–Crippen MR) is 169 cm³/mol. The first kappa shape index (κ1) is 32.1. The molecule has 242 valence electrons. The fraction of sp³-hybridized carbons (Fsp3) is 0.667. The van der Waals surface area contributed by atoms with Gasteiger partial charge in [-0.2, -0.15) is 0 Å². The molecule has 4 aliphatic rings. The van der Waals surface area contributed by atoms with Crippen LogP contribution in [0.1, 0.15) is 69.9 Å². The minimum Gasteiger partial charge on any atom is -0.493 e. The van der Waals surface area contributed by atoms with Crippen molar-refractivity contribution >= 4 is 17.8 Å². The van der Waals surface area contributed by atoms with Gasteiger partial charge in [0.05, 0.1) is 24.4 Å². The fourth-order valence-electron chi connectivity index (χ4n) is 8.14. The Morgan fingerprint density at radius 2 is 2.07 bits per heavy atom. The maximum absolute atomic E-state index is 13.5. The van der Waals surface area contributed by atoms with Crippen molar-refractivity contribution in [2.45, 2.75) is 94.9 Å². The molecule has 1 fully saturated rings. The van der Waals surface area contributed by atoms with E-state index in [9.17, 15) is 9.59 Å². The first-order valence-corrected chi connectivity index (χ1v) is 16.0. The van der Waals surface area contributed by atoms with Crippen LogP contribution in [0.2, 0.25) is 0 Å². The molecule has 1 unspecified atom stereocenters. The van der Waals surface area contributed by atoms with E-state index in [0.29, 0.717) is 31.2 Å². The summed E-state index contributed by atoms with van der Waals surface area (Å²) in [4.78, 5) is 30.4. The van der Waals surface area contributed by atoms with Gasteiger partial charge in [0.15, 0.2) is 17.6 Å². The van der Waals surface area contributed by atoms with E-state index in [1.165, 1.54) is 16.0 Å². The van der Waals surface area contributed by atoms with E-state index in [1.54, 1.807) is 21.2 Å². The Morgan fingerprint density at radius 3 is 2.77 bits per heavy atom. The van der Waals surface area contributed by atoms with Gasteiger partial charge in [-0.1, -0.05) is 25.8 Å². The van der Waals surface area contributed by atoms with Gasteiger partial charge in [0.1, 0.15) is 5.76 Å². The highest BCUT2D eigenvalue weighted by molar-refractivity contribution is 5.81. The third-order valence-corrected chi connectivity index (χ3v) is 10.9. The molecule has 2 aliphatic carbocycles. The third-order valence-electron chi connectivity index (χ3n) is 10.9. The number of unbranched alkanes of at least 4 members (excludes halogenated alkanes) is 2. The standard InChI is InChI=1S/C33H50N6O5/c1-20(19-37-30(40)22(36-3)10-8-7-9-11-26(34)35)39(5)31(41)43-24-14-15-32(2)25-18-21-12-13-23(42-6)28-27(21)33(32,29(24)44-28)16-17-38(25)4/h12-14,20,22,25,29,36H,7-11,15-19H2,1-6H3,(H3,34,35)(H,37,40)/t20?,22-,25+,29-,32-,33-/m0/s1. The molecular weight excluding hydrogens is 560 g/mol. The highest BCUT2D eigenvalue weighted by Gasteiger charge is 2.70. The highest BCUT2D eigenvalue weighted by atomic mass is 16.6. The molecule has 11 nitrogen and oxygen atoms in total. The van der Waals surface area contributed by atoms with Gasteiger partial charge in [-0.3, -0.25) is 10.2 Å². The largest absolute Gasteiger partial charge is 0.493 e. The van der Waals surface area contributed by atoms with E-state index in [1.807, 2.05) is 13.0 Å². The van der Waals surface area contributed by atoms with Gasteiger partial charge in [0.25, 0.3) is 0 Å². The van der Waals surface area contributed by atoms with Crippen LogP contribution in [0.5, 0.6) is 11.5 Å². The van der Waals surface area contributed by atoms with Gasteiger partial charge in [-0.25, -0.2) is 4.79 Å². The topological polar surface area (TPSA) is 142 Å². The summed E-state index contributed by atoms with van der Waals surface area (Å²) in [7, 11) is 7.36. The summed E-state index contributed by atoms with van der Waals surface area (Å²) in [5, 5.41) is 13.4. The van der Waals surface area contributed by atoms with Crippen molar-refractivity contribution in [2.75, 3.05) is 41.3 Å². The minimum atomic E-state index is -0.472. The number of amidine groups is 1. The lowest BCUT2D eigenvalue weighted by Crippen LogP contribution is -2.69. The van der Waals surface area contributed by atoms with Crippen molar-refractivity contribution in [2.24, 2.45) is 11.1 Å². The zero-order valence-electron chi connectivity index (χ0n) is 27.1. The van der Waals surface area contributed by atoms with Crippen LogP contribution in [0.3, 0.4) is 0 Å². The summed E-state index contributed by atoms with van der Waals surface area (Å²) in [5.74, 6) is 2.16. The number of amides is 2. The van der Waals surface area contributed by atoms with Gasteiger partial charge in [0.2, 0.25) is 5.91 Å². The quantitative estimate of drug-likeness (QED) is 0.151. The van der Waals surface area contributed by atoms with Crippen LogP contribution in [-0.4, -0.2) is 93.2 Å². The van der Waals surface area contributed by atoms with E-state index in [-0.39, 0.29) is 34.7 Å². The number of carbonyl (C=O) groups excluding carboxylic acids is 2. The highest BCUT2D eigenvalue weighted by Crippen LogP contribution is 2.68. The first-order chi connectivity index (χ1) is 21.0. The average molecular weight is 611 g/mol. The molecule has 11 heteroatoms. The zero-order valence-corrected chi connectivity index (χ0v) is 27.1. The van der Waals surface area contributed by atoms with Crippen molar-refractivity contribution in [3.63, 3.8) is 0 Å². The summed E-state index contributed by atoms with van der Waals surface area (Å²) in [6, 6.07) is 3.92. The third kappa shape index (κ3) is 5.31. The van der Waals surface area contributed by atoms with Crippen molar-refractivity contribution in [1.82, 2.24) is 20.4 Å². The Bertz CT molecular complexity index is 1320. The van der Waals surface area contributed by atoms with Crippen molar-refractivity contribution in [3.05, 3.63) is 35.1 Å². The predicted octanol–water partition coefficient (Wildman–Crippen LogP) is 3.30. The van der Waals surface area contributed by atoms with Crippen LogP contribution in [-0.2, 0) is 21.4 Å². The van der Waals surface area contributed by atoms with Gasteiger partial charge in [-0.05, 0) is 77.4 Å². The number of rotatable bonds is 13. The molecular formula is C33H50N6O5. The SMILES string of the molecule is CN[C@@H](CCCCCC(=N)N)C(=O)NCC(C)N(C)C(=O)OC1=CC[C@@]2(C)[C@H]3Cc4ccc(OC)c5c4[C@@]2(CCN3C)[C@H]1O5. The Labute approximate surface area is 261 Å². The number of hydrogen-bond donors (Lipinski definition) is 4. The van der Waals surface area contributed by atoms with Gasteiger partial charge >= 0.3 is 6.09 Å². The second-order valence-electron chi connectivity index (χ2n) is 13.3. The lowest BCUT2D eigenvalue weighted by Gasteiger charge is -2.63. The molecule has 1 saturated heterocycles. The molecule has 1 spiro atoms. The van der Waals surface area contributed by atoms with Crippen LogP contribution >= 0.6 is 0 Å². The number of methoxy groups -OCH3 is 1. The van der Waals surface area contributed by atoms with Crippen LogP contribution < -0.4 is 25.8 Å². The number of piperidine rings is 1. The number of carbonyl (C=O) groups is 2. The average Bonchev–Trinajstić information content (AvgIpc) is 3.36. The number of ether oxygens (including phenoxy) is 3. The van der Waals surface area contributed by atoms with Crippen LogP contribution in [0.15, 0.2) is 24.0 Å². The molecule has 2 bridgehead atoms. The summed E-state index contributed by atoms with van der Waals surface area (Å²) in [6.45, 7) is 5.51. The van der Waals surface area contributed by atoms with Crippen LogP contribution in [0.25, 0.3) is 0 Å². The molecule has 5 N–H and O–H groups in total. The molecule has 2 amide bonds. The Balaban J connectivity index is 1.24. The normalized spacial score (nSPS) is 27.7. The number of hydrogen-bond acceptors (Lipinski definition) is 8. The molecule has 0 radical (unpaired) electrons. The Morgan fingerprint density at radius 1 is 1.30 bits per heavy atom. The molecule has 2 heterocycles. The smallest absolute Gasteiger partial charge is 0.415 e. The summed E-state index contributed by atoms with van der Waals surface area (Å²) in [6.07, 6.45) is 7.72. The van der Waals surface area contributed by atoms with Crippen LogP contribution in [0, 0.1) is 10.8 Å². The summed E-state index contributed by atoms with van der Waals surface area (Å²) in [5.41, 5.74) is 7.57. The second kappa shape index (κ2) is 12.6. The van der Waals surface area contributed by atoms with Crippen molar-refractivity contribution in [1.29, 1.82) is 5.41 Å². The maximum atomic E-state index is 13.5. The summed E-state index contributed by atoms with van der Waals surface area (Å²) >= 11 is 0. The van der Waals surface area contributed by atoms with Gasteiger partial charge in [-0.15, -0.1) is 0 Å². The number of benzene rings is 1. The van der Waals surface area contributed by atoms with E-state index in [4.69, 9.17) is 25.4 Å².